The smallest absolute Gasteiger partial charge is 0.407 e. The number of esters is 1. The highest BCUT2D eigenvalue weighted by molar-refractivity contribution is 5.87. The number of hydrogen-bond acceptors (Lipinski definition) is 7. The first-order chi connectivity index (χ1) is 13.2. The molecule has 0 fully saturated rings. The average molecular weight is 380 g/mol. The van der Waals surface area contributed by atoms with E-state index in [4.69, 9.17) is 18.7 Å². The minimum absolute atomic E-state index is 0.0429. The molecule has 0 aliphatic rings. The molecule has 8 heteroatoms. The van der Waals surface area contributed by atoms with Crippen LogP contribution in [0, 0.1) is 0 Å². The molecule has 1 amide bonds. The Kier molecular flexibility index (Phi) is 12.1. The number of unbranched alkanes of at least 4 members (excludes halogenated alkanes) is 1. The summed E-state index contributed by atoms with van der Waals surface area (Å²) in [4.78, 5) is 23.0. The fourth-order valence-electron chi connectivity index (χ4n) is 1.83. The van der Waals surface area contributed by atoms with Crippen LogP contribution in [-0.2, 0) is 20.8 Å². The molecule has 150 valence electrons. The van der Waals surface area contributed by atoms with Gasteiger partial charge in [0.25, 0.3) is 0 Å². The maximum atomic E-state index is 11.6. The maximum Gasteiger partial charge on any atom is 0.407 e. The van der Waals surface area contributed by atoms with Gasteiger partial charge in [0.1, 0.15) is 0 Å². The quantitative estimate of drug-likeness (QED) is 0.318. The summed E-state index contributed by atoms with van der Waals surface area (Å²) in [5.41, 5.74) is 0.0429. The molecule has 0 aromatic carbocycles. The summed E-state index contributed by atoms with van der Waals surface area (Å²) in [6, 6.07) is 1.38. The highest BCUT2D eigenvalue weighted by Gasteiger charge is 2.14. The number of allylic oxidation sites excluding steroid dienone is 2. The van der Waals surface area contributed by atoms with Gasteiger partial charge in [-0.2, -0.15) is 0 Å². The molecule has 0 unspecified atom stereocenters. The van der Waals surface area contributed by atoms with Gasteiger partial charge in [-0.3, -0.25) is 0 Å². The summed E-state index contributed by atoms with van der Waals surface area (Å²) in [6.45, 7) is 5.81. The van der Waals surface area contributed by atoms with Gasteiger partial charge in [-0.1, -0.05) is 42.8 Å². The van der Waals surface area contributed by atoms with E-state index in [-0.39, 0.29) is 24.7 Å². The molecular weight excluding hydrogens is 352 g/mol. The van der Waals surface area contributed by atoms with E-state index in [1.807, 2.05) is 18.2 Å². The largest absolute Gasteiger partial charge is 0.461 e. The standard InChI is InChI=1S/C19H28N2O6/c1-3-5-12-24-13-10-8-6-7-9-11-20-19(23)26-15-16-14-17(21-27-16)18(22)25-4-2/h6-9,14H,3-5,10-13,15H2,1-2H3,(H,20,23)/b8-6+,9-7+. The minimum atomic E-state index is -0.595. The van der Waals surface area contributed by atoms with Crippen molar-refractivity contribution in [1.82, 2.24) is 10.5 Å². The van der Waals surface area contributed by atoms with Gasteiger partial charge in [-0.05, 0) is 19.8 Å². The van der Waals surface area contributed by atoms with E-state index in [2.05, 4.69) is 17.4 Å². The van der Waals surface area contributed by atoms with E-state index < -0.39 is 12.1 Å². The van der Waals surface area contributed by atoms with Gasteiger partial charge in [0.05, 0.1) is 13.2 Å². The zero-order valence-corrected chi connectivity index (χ0v) is 15.9. The Labute approximate surface area is 159 Å². The van der Waals surface area contributed by atoms with Crippen molar-refractivity contribution in [3.05, 3.63) is 41.8 Å². The van der Waals surface area contributed by atoms with Crippen LogP contribution >= 0.6 is 0 Å². The third-order valence-electron chi connectivity index (χ3n) is 3.21. The molecule has 0 saturated carbocycles. The first-order valence-electron chi connectivity index (χ1n) is 9.10. The summed E-state index contributed by atoms with van der Waals surface area (Å²) in [6.07, 6.45) is 10.0. The highest BCUT2D eigenvalue weighted by Crippen LogP contribution is 2.06. The van der Waals surface area contributed by atoms with Gasteiger partial charge in [0, 0.05) is 19.2 Å². The molecule has 0 bridgehead atoms. The minimum Gasteiger partial charge on any atom is -0.461 e. The van der Waals surface area contributed by atoms with E-state index in [1.54, 1.807) is 13.0 Å². The highest BCUT2D eigenvalue weighted by atomic mass is 16.6. The molecule has 8 nitrogen and oxygen atoms in total. The molecule has 27 heavy (non-hydrogen) atoms. The number of nitrogens with zero attached hydrogens (tertiary/aromatic N) is 1. The van der Waals surface area contributed by atoms with Gasteiger partial charge in [0.15, 0.2) is 18.1 Å². The average Bonchev–Trinajstić information content (AvgIpc) is 3.14. The van der Waals surface area contributed by atoms with Crippen molar-refractivity contribution in [2.24, 2.45) is 0 Å². The van der Waals surface area contributed by atoms with Crippen LogP contribution < -0.4 is 5.32 Å². The number of hydrogen-bond donors (Lipinski definition) is 1. The van der Waals surface area contributed by atoms with Crippen molar-refractivity contribution < 1.29 is 28.3 Å². The van der Waals surface area contributed by atoms with E-state index in [9.17, 15) is 9.59 Å². The van der Waals surface area contributed by atoms with Gasteiger partial charge in [-0.15, -0.1) is 0 Å². The number of amides is 1. The Morgan fingerprint density at radius 1 is 1.19 bits per heavy atom. The summed E-state index contributed by atoms with van der Waals surface area (Å²) >= 11 is 0. The van der Waals surface area contributed by atoms with Crippen molar-refractivity contribution in [3.63, 3.8) is 0 Å². The Bertz CT molecular complexity index is 609. The lowest BCUT2D eigenvalue weighted by Gasteiger charge is -2.02. The Balaban J connectivity index is 2.11. The normalized spacial score (nSPS) is 11.2. The molecule has 0 spiro atoms. The van der Waals surface area contributed by atoms with Gasteiger partial charge in [-0.25, -0.2) is 9.59 Å². The van der Waals surface area contributed by atoms with Crippen LogP contribution in [0.2, 0.25) is 0 Å². The van der Waals surface area contributed by atoms with Crippen LogP contribution in [0.5, 0.6) is 0 Å². The number of carbonyl (C=O) groups excluding carboxylic acids is 2. The first kappa shape index (κ1) is 22.4. The third kappa shape index (κ3) is 10.9. The van der Waals surface area contributed by atoms with E-state index in [1.165, 1.54) is 6.07 Å². The summed E-state index contributed by atoms with van der Waals surface area (Å²) in [7, 11) is 0. The lowest BCUT2D eigenvalue weighted by Crippen LogP contribution is -2.24. The fraction of sp³-hybridized carbons (Fsp3) is 0.526. The van der Waals surface area contributed by atoms with Gasteiger partial charge >= 0.3 is 12.1 Å². The molecule has 0 aliphatic heterocycles. The van der Waals surface area contributed by atoms with Crippen LogP contribution in [0.25, 0.3) is 0 Å². The van der Waals surface area contributed by atoms with Crippen molar-refractivity contribution >= 4 is 12.1 Å². The summed E-state index contributed by atoms with van der Waals surface area (Å²) in [5.74, 6) is -0.324. The molecular formula is C19H28N2O6. The SMILES string of the molecule is CCCCOCC/C=C/C=C/CNC(=O)OCc1cc(C(=O)OCC)no1. The molecule has 0 saturated heterocycles. The zero-order chi connectivity index (χ0) is 19.7. The van der Waals surface area contributed by atoms with Gasteiger partial charge < -0.3 is 24.1 Å². The monoisotopic (exact) mass is 380 g/mol. The number of ether oxygens (including phenoxy) is 3. The molecule has 1 rings (SSSR count). The molecule has 0 radical (unpaired) electrons. The van der Waals surface area contributed by atoms with Crippen LogP contribution in [-0.4, -0.2) is 43.6 Å². The Morgan fingerprint density at radius 2 is 2.00 bits per heavy atom. The van der Waals surface area contributed by atoms with E-state index in [0.717, 1.165) is 25.9 Å². The zero-order valence-electron chi connectivity index (χ0n) is 15.9. The topological polar surface area (TPSA) is 99.9 Å². The molecule has 0 aliphatic carbocycles. The van der Waals surface area contributed by atoms with E-state index in [0.29, 0.717) is 13.2 Å². The second-order valence-corrected chi connectivity index (χ2v) is 5.47. The lowest BCUT2D eigenvalue weighted by atomic mass is 10.3. The fourth-order valence-corrected chi connectivity index (χ4v) is 1.83. The van der Waals surface area contributed by atoms with Crippen LogP contribution in [0.3, 0.4) is 0 Å². The molecule has 1 heterocycles. The Morgan fingerprint density at radius 3 is 2.78 bits per heavy atom. The van der Waals surface area contributed by atoms with Crippen molar-refractivity contribution in [3.8, 4) is 0 Å². The predicted octanol–water partition coefficient (Wildman–Crippen LogP) is 3.40. The number of alkyl carbamates (subject to hydrolysis) is 1. The van der Waals surface area contributed by atoms with Crippen LogP contribution in [0.1, 0.15) is 49.4 Å². The second-order valence-electron chi connectivity index (χ2n) is 5.47. The first-order valence-corrected chi connectivity index (χ1v) is 9.10. The van der Waals surface area contributed by atoms with Crippen LogP contribution in [0.15, 0.2) is 34.9 Å². The molecule has 1 aromatic heterocycles. The summed E-state index contributed by atoms with van der Waals surface area (Å²) < 4.78 is 20.1. The van der Waals surface area contributed by atoms with Crippen molar-refractivity contribution in [2.45, 2.75) is 39.7 Å². The molecule has 0 atom stereocenters. The van der Waals surface area contributed by atoms with Crippen molar-refractivity contribution in [1.29, 1.82) is 0 Å². The van der Waals surface area contributed by atoms with Gasteiger partial charge in [0.2, 0.25) is 0 Å². The summed E-state index contributed by atoms with van der Waals surface area (Å²) in [5, 5.41) is 6.12. The number of carbonyl (C=O) groups is 2. The predicted molar refractivity (Wildman–Crippen MR) is 99.3 cm³/mol. The van der Waals surface area contributed by atoms with Crippen LogP contribution in [0.4, 0.5) is 4.79 Å². The van der Waals surface area contributed by atoms with E-state index >= 15 is 0 Å². The molecule has 1 aromatic rings. The maximum absolute atomic E-state index is 11.6. The lowest BCUT2D eigenvalue weighted by molar-refractivity contribution is 0.0514. The number of aromatic nitrogens is 1. The van der Waals surface area contributed by atoms with Crippen molar-refractivity contribution in [2.75, 3.05) is 26.4 Å². The Hall–Kier alpha value is -2.61. The number of rotatable bonds is 13. The molecule has 1 N–H and O–H groups in total. The number of nitrogens with one attached hydrogen (secondary N) is 1. The second kappa shape index (κ2) is 14.5. The third-order valence-corrected chi connectivity index (χ3v) is 3.21.